The molecule has 1 amide bonds. The smallest absolute Gasteiger partial charge is 0.237 e. The SMILES string of the molecule is C[C@H](SC(=S)N1CCCC1)C(=O)Nc1c(F)cccc1F. The van der Waals surface area contributed by atoms with E-state index in [2.05, 4.69) is 5.32 Å². The summed E-state index contributed by atoms with van der Waals surface area (Å²) in [5.74, 6) is -2.05. The number of anilines is 1. The fourth-order valence-electron chi connectivity index (χ4n) is 2.02. The summed E-state index contributed by atoms with van der Waals surface area (Å²) in [5, 5.41) is 1.77. The number of benzene rings is 1. The molecule has 1 N–H and O–H groups in total. The molecule has 1 aliphatic heterocycles. The number of likely N-dealkylation sites (tertiary alicyclic amines) is 1. The molecule has 1 heterocycles. The van der Waals surface area contributed by atoms with Gasteiger partial charge in [0.15, 0.2) is 0 Å². The Balaban J connectivity index is 1.94. The Labute approximate surface area is 132 Å². The zero-order valence-electron chi connectivity index (χ0n) is 11.6. The van der Waals surface area contributed by atoms with Crippen molar-refractivity contribution in [3.8, 4) is 0 Å². The minimum Gasteiger partial charge on any atom is -0.358 e. The van der Waals surface area contributed by atoms with Crippen molar-refractivity contribution in [2.24, 2.45) is 0 Å². The monoisotopic (exact) mass is 330 g/mol. The second kappa shape index (κ2) is 7.17. The molecule has 0 aliphatic carbocycles. The third-order valence-corrected chi connectivity index (χ3v) is 4.80. The lowest BCUT2D eigenvalue weighted by Gasteiger charge is -2.20. The van der Waals surface area contributed by atoms with Gasteiger partial charge in [0.05, 0.1) is 5.25 Å². The molecule has 1 saturated heterocycles. The average Bonchev–Trinajstić information content (AvgIpc) is 2.97. The predicted octanol–water partition coefficient (Wildman–Crippen LogP) is 3.41. The van der Waals surface area contributed by atoms with E-state index >= 15 is 0 Å². The Morgan fingerprint density at radius 2 is 1.90 bits per heavy atom. The van der Waals surface area contributed by atoms with Crippen LogP contribution < -0.4 is 5.32 Å². The molecule has 0 bridgehead atoms. The van der Waals surface area contributed by atoms with Crippen LogP contribution in [0.25, 0.3) is 0 Å². The summed E-state index contributed by atoms with van der Waals surface area (Å²) in [6, 6.07) is 3.46. The van der Waals surface area contributed by atoms with E-state index in [1.54, 1.807) is 6.92 Å². The van der Waals surface area contributed by atoms with Crippen LogP contribution in [-0.2, 0) is 4.79 Å². The second-order valence-corrected chi connectivity index (χ2v) is 6.78. The Hall–Kier alpha value is -1.21. The number of hydrogen-bond acceptors (Lipinski definition) is 3. The van der Waals surface area contributed by atoms with E-state index in [4.69, 9.17) is 12.2 Å². The van der Waals surface area contributed by atoms with Crippen LogP contribution in [0.15, 0.2) is 18.2 Å². The number of hydrogen-bond donors (Lipinski definition) is 1. The van der Waals surface area contributed by atoms with E-state index in [0.717, 1.165) is 38.1 Å². The Kier molecular flexibility index (Phi) is 5.52. The van der Waals surface area contributed by atoms with Crippen molar-refractivity contribution in [2.45, 2.75) is 25.0 Å². The summed E-state index contributed by atoms with van der Waals surface area (Å²) in [4.78, 5) is 14.1. The lowest BCUT2D eigenvalue weighted by atomic mass is 10.3. The van der Waals surface area contributed by atoms with Crippen molar-refractivity contribution < 1.29 is 13.6 Å². The lowest BCUT2D eigenvalue weighted by molar-refractivity contribution is -0.115. The quantitative estimate of drug-likeness (QED) is 0.861. The van der Waals surface area contributed by atoms with Crippen LogP contribution in [0.1, 0.15) is 19.8 Å². The summed E-state index contributed by atoms with van der Waals surface area (Å²) >= 11 is 6.52. The number of para-hydroxylation sites is 1. The van der Waals surface area contributed by atoms with Crippen molar-refractivity contribution in [2.75, 3.05) is 18.4 Å². The molecule has 1 aromatic rings. The standard InChI is InChI=1S/C14H16F2N2OS2/c1-9(21-14(20)18-7-2-3-8-18)13(19)17-12-10(15)5-4-6-11(12)16/h4-6,9H,2-3,7-8H2,1H3,(H,17,19)/t9-/m0/s1. The normalized spacial score (nSPS) is 15.9. The maximum absolute atomic E-state index is 13.5. The van der Waals surface area contributed by atoms with E-state index in [1.165, 1.54) is 17.8 Å². The zero-order valence-corrected chi connectivity index (χ0v) is 13.2. The highest BCUT2D eigenvalue weighted by Gasteiger charge is 2.22. The molecule has 0 saturated carbocycles. The fourth-order valence-corrected chi connectivity index (χ4v) is 3.44. The molecule has 1 aliphatic rings. The third kappa shape index (κ3) is 4.14. The summed E-state index contributed by atoms with van der Waals surface area (Å²) in [6.45, 7) is 3.48. The van der Waals surface area contributed by atoms with Crippen LogP contribution in [0.5, 0.6) is 0 Å². The molecule has 0 unspecified atom stereocenters. The molecule has 1 aromatic carbocycles. The van der Waals surface area contributed by atoms with Gasteiger partial charge < -0.3 is 10.2 Å². The number of carbonyl (C=O) groups excluding carboxylic acids is 1. The second-order valence-electron chi connectivity index (χ2n) is 4.81. The molecule has 1 fully saturated rings. The van der Waals surface area contributed by atoms with Gasteiger partial charge in [0, 0.05) is 13.1 Å². The largest absolute Gasteiger partial charge is 0.358 e. The number of carbonyl (C=O) groups is 1. The molecule has 0 radical (unpaired) electrons. The zero-order chi connectivity index (χ0) is 15.4. The van der Waals surface area contributed by atoms with Gasteiger partial charge in [-0.1, -0.05) is 30.0 Å². The number of amides is 1. The molecule has 1 atom stereocenters. The molecule has 0 aromatic heterocycles. The van der Waals surface area contributed by atoms with Crippen molar-refractivity contribution in [1.29, 1.82) is 0 Å². The van der Waals surface area contributed by atoms with Gasteiger partial charge in [-0.05, 0) is 31.9 Å². The Morgan fingerprint density at radius 1 is 1.33 bits per heavy atom. The topological polar surface area (TPSA) is 32.3 Å². The van der Waals surface area contributed by atoms with Crippen LogP contribution in [0.4, 0.5) is 14.5 Å². The number of thiocarbonyl (C=S) groups is 1. The number of nitrogens with zero attached hydrogens (tertiary/aromatic N) is 1. The van der Waals surface area contributed by atoms with Gasteiger partial charge in [0.25, 0.3) is 0 Å². The molecule has 114 valence electrons. The molecular formula is C14H16F2N2OS2. The van der Waals surface area contributed by atoms with E-state index in [-0.39, 0.29) is 0 Å². The van der Waals surface area contributed by atoms with E-state index in [0.29, 0.717) is 4.32 Å². The van der Waals surface area contributed by atoms with Crippen LogP contribution in [0, 0.1) is 11.6 Å². The average molecular weight is 330 g/mol. The number of halogens is 2. The van der Waals surface area contributed by atoms with Gasteiger partial charge in [-0.25, -0.2) is 8.78 Å². The number of thioether (sulfide) groups is 1. The highest BCUT2D eigenvalue weighted by molar-refractivity contribution is 8.23. The van der Waals surface area contributed by atoms with Crippen LogP contribution in [-0.4, -0.2) is 33.5 Å². The van der Waals surface area contributed by atoms with Gasteiger partial charge >= 0.3 is 0 Å². The van der Waals surface area contributed by atoms with E-state index < -0.39 is 28.5 Å². The molecule has 0 spiro atoms. The molecular weight excluding hydrogens is 314 g/mol. The summed E-state index contributed by atoms with van der Waals surface area (Å²) in [7, 11) is 0. The number of rotatable bonds is 3. The van der Waals surface area contributed by atoms with Crippen LogP contribution >= 0.6 is 24.0 Å². The Morgan fingerprint density at radius 3 is 2.48 bits per heavy atom. The minimum absolute atomic E-state index is 0.415. The minimum atomic E-state index is -0.789. The first-order valence-corrected chi connectivity index (χ1v) is 7.98. The third-order valence-electron chi connectivity index (χ3n) is 3.22. The van der Waals surface area contributed by atoms with Crippen molar-refractivity contribution in [1.82, 2.24) is 4.90 Å². The predicted molar refractivity (Wildman–Crippen MR) is 85.4 cm³/mol. The van der Waals surface area contributed by atoms with Gasteiger partial charge in [-0.3, -0.25) is 4.79 Å². The van der Waals surface area contributed by atoms with Crippen LogP contribution in [0.2, 0.25) is 0 Å². The van der Waals surface area contributed by atoms with E-state index in [1.807, 2.05) is 4.90 Å². The summed E-state index contributed by atoms with van der Waals surface area (Å²) < 4.78 is 27.6. The maximum Gasteiger partial charge on any atom is 0.237 e. The molecule has 7 heteroatoms. The van der Waals surface area contributed by atoms with Gasteiger partial charge in [0.1, 0.15) is 21.6 Å². The van der Waals surface area contributed by atoms with Gasteiger partial charge in [0.2, 0.25) is 5.91 Å². The summed E-state index contributed by atoms with van der Waals surface area (Å²) in [6.07, 6.45) is 2.20. The van der Waals surface area contributed by atoms with Crippen molar-refractivity contribution in [3.63, 3.8) is 0 Å². The highest BCUT2D eigenvalue weighted by atomic mass is 32.2. The first-order valence-electron chi connectivity index (χ1n) is 6.69. The Bertz CT molecular complexity index is 528. The first kappa shape index (κ1) is 16.2. The lowest BCUT2D eigenvalue weighted by Crippen LogP contribution is -2.29. The number of nitrogens with one attached hydrogen (secondary N) is 1. The molecule has 21 heavy (non-hydrogen) atoms. The molecule has 3 nitrogen and oxygen atoms in total. The highest BCUT2D eigenvalue weighted by Crippen LogP contribution is 2.23. The first-order chi connectivity index (χ1) is 9.99. The van der Waals surface area contributed by atoms with Crippen molar-refractivity contribution >= 4 is 39.9 Å². The van der Waals surface area contributed by atoms with Crippen molar-refractivity contribution in [3.05, 3.63) is 29.8 Å². The van der Waals surface area contributed by atoms with Gasteiger partial charge in [-0.15, -0.1) is 0 Å². The molecule has 2 rings (SSSR count). The fraction of sp³-hybridized carbons (Fsp3) is 0.429. The summed E-state index contributed by atoms with van der Waals surface area (Å²) in [5.41, 5.74) is -0.415. The maximum atomic E-state index is 13.5. The van der Waals surface area contributed by atoms with E-state index in [9.17, 15) is 13.6 Å². The van der Waals surface area contributed by atoms with Gasteiger partial charge in [-0.2, -0.15) is 0 Å². The van der Waals surface area contributed by atoms with Crippen LogP contribution in [0.3, 0.4) is 0 Å².